The third-order valence-corrected chi connectivity index (χ3v) is 4.76. The van der Waals surface area contributed by atoms with Crippen molar-refractivity contribution >= 4 is 15.9 Å². The number of nitrogens with two attached hydrogens (primary N) is 1. The summed E-state index contributed by atoms with van der Waals surface area (Å²) in [6.45, 7) is 6.58. The van der Waals surface area contributed by atoms with Crippen molar-refractivity contribution in [3.05, 3.63) is 29.8 Å². The second-order valence-electron chi connectivity index (χ2n) is 6.00. The average Bonchev–Trinajstić information content (AvgIpc) is 2.51. The van der Waals surface area contributed by atoms with Crippen LogP contribution in [0.15, 0.2) is 29.2 Å². The predicted molar refractivity (Wildman–Crippen MR) is 91.2 cm³/mol. The summed E-state index contributed by atoms with van der Waals surface area (Å²) >= 11 is 0. The summed E-state index contributed by atoms with van der Waals surface area (Å²) in [4.78, 5) is 12.0. The van der Waals surface area contributed by atoms with E-state index in [1.807, 2.05) is 20.8 Å². The molecule has 0 aliphatic heterocycles. The molecule has 6 nitrogen and oxygen atoms in total. The molecule has 4 N–H and O–H groups in total. The molecule has 0 heterocycles. The Morgan fingerprint density at radius 3 is 2.35 bits per heavy atom. The highest BCUT2D eigenvalue weighted by Gasteiger charge is 2.14. The van der Waals surface area contributed by atoms with Crippen molar-refractivity contribution in [3.63, 3.8) is 0 Å². The summed E-state index contributed by atoms with van der Waals surface area (Å²) in [5.74, 6) is 0.0498. The summed E-state index contributed by atoms with van der Waals surface area (Å²) in [5, 5.41) is 2.75. The molecular weight excluding hydrogens is 314 g/mol. The van der Waals surface area contributed by atoms with Gasteiger partial charge in [0.15, 0.2) is 0 Å². The van der Waals surface area contributed by atoms with E-state index in [0.29, 0.717) is 19.5 Å². The maximum absolute atomic E-state index is 12.1. The SMILES string of the molecule is CCCC(N)C(=O)NCc1ccc(S(=O)(=O)NCC(C)C)cc1. The van der Waals surface area contributed by atoms with Crippen molar-refractivity contribution in [2.24, 2.45) is 11.7 Å². The molecule has 0 radical (unpaired) electrons. The van der Waals surface area contributed by atoms with E-state index in [-0.39, 0.29) is 16.7 Å². The number of hydrogen-bond acceptors (Lipinski definition) is 4. The molecule has 0 fully saturated rings. The standard InChI is InChI=1S/C16H27N3O3S/c1-4-5-15(17)16(20)18-11-13-6-8-14(9-7-13)23(21,22)19-10-12(2)3/h6-9,12,15,19H,4-5,10-11,17H2,1-3H3,(H,18,20). The molecule has 0 aliphatic rings. The molecular formula is C16H27N3O3S. The van der Waals surface area contributed by atoms with Gasteiger partial charge in [0.2, 0.25) is 15.9 Å². The molecule has 0 aliphatic carbocycles. The van der Waals surface area contributed by atoms with Crippen LogP contribution in [0.3, 0.4) is 0 Å². The summed E-state index contributed by atoms with van der Waals surface area (Å²) in [6, 6.07) is 5.96. The first-order valence-corrected chi connectivity index (χ1v) is 9.36. The number of hydrogen-bond donors (Lipinski definition) is 3. The second-order valence-corrected chi connectivity index (χ2v) is 7.77. The Morgan fingerprint density at radius 1 is 1.22 bits per heavy atom. The zero-order valence-electron chi connectivity index (χ0n) is 14.0. The van der Waals surface area contributed by atoms with Crippen LogP contribution in [0.2, 0.25) is 0 Å². The number of sulfonamides is 1. The number of carbonyl (C=O) groups excluding carboxylic acids is 1. The topological polar surface area (TPSA) is 101 Å². The fourth-order valence-corrected chi connectivity index (χ4v) is 3.12. The lowest BCUT2D eigenvalue weighted by Gasteiger charge is -2.12. The van der Waals surface area contributed by atoms with Crippen LogP contribution in [0.1, 0.15) is 39.2 Å². The van der Waals surface area contributed by atoms with Gasteiger partial charge in [0, 0.05) is 13.1 Å². The van der Waals surface area contributed by atoms with Crippen molar-refractivity contribution in [2.45, 2.75) is 51.1 Å². The number of rotatable bonds is 9. The van der Waals surface area contributed by atoms with Crippen LogP contribution in [0, 0.1) is 5.92 Å². The first-order valence-electron chi connectivity index (χ1n) is 7.88. The Kier molecular flexibility index (Phi) is 7.67. The smallest absolute Gasteiger partial charge is 0.240 e. The van der Waals surface area contributed by atoms with Crippen LogP contribution in [-0.4, -0.2) is 26.9 Å². The molecule has 1 unspecified atom stereocenters. The molecule has 0 aromatic heterocycles. The first-order chi connectivity index (χ1) is 10.8. The summed E-state index contributed by atoms with van der Waals surface area (Å²) in [5.41, 5.74) is 6.56. The van der Waals surface area contributed by atoms with Gasteiger partial charge < -0.3 is 11.1 Å². The minimum Gasteiger partial charge on any atom is -0.351 e. The van der Waals surface area contributed by atoms with Crippen LogP contribution in [0.5, 0.6) is 0 Å². The zero-order valence-corrected chi connectivity index (χ0v) is 14.8. The Morgan fingerprint density at radius 2 is 1.83 bits per heavy atom. The van der Waals surface area contributed by atoms with Gasteiger partial charge in [0.1, 0.15) is 0 Å². The van der Waals surface area contributed by atoms with Gasteiger partial charge in [0.25, 0.3) is 0 Å². The zero-order chi connectivity index (χ0) is 17.5. The van der Waals surface area contributed by atoms with Gasteiger partial charge in [-0.05, 0) is 30.0 Å². The van der Waals surface area contributed by atoms with E-state index < -0.39 is 16.1 Å². The molecule has 1 amide bonds. The second kappa shape index (κ2) is 9.00. The van der Waals surface area contributed by atoms with E-state index in [9.17, 15) is 13.2 Å². The van der Waals surface area contributed by atoms with E-state index in [1.54, 1.807) is 12.1 Å². The van der Waals surface area contributed by atoms with Crippen LogP contribution >= 0.6 is 0 Å². The number of carbonyl (C=O) groups is 1. The Labute approximate surface area is 138 Å². The molecule has 1 aromatic carbocycles. The normalized spacial score (nSPS) is 13.1. The molecule has 0 spiro atoms. The van der Waals surface area contributed by atoms with Crippen LogP contribution in [0.4, 0.5) is 0 Å². The first kappa shape index (κ1) is 19.6. The monoisotopic (exact) mass is 341 g/mol. The highest BCUT2D eigenvalue weighted by atomic mass is 32.2. The van der Waals surface area contributed by atoms with Gasteiger partial charge in [-0.15, -0.1) is 0 Å². The highest BCUT2D eigenvalue weighted by Crippen LogP contribution is 2.11. The maximum atomic E-state index is 12.1. The van der Waals surface area contributed by atoms with E-state index in [2.05, 4.69) is 10.0 Å². The fourth-order valence-electron chi connectivity index (χ4n) is 1.91. The Balaban J connectivity index is 2.61. The third-order valence-electron chi connectivity index (χ3n) is 3.32. The molecule has 0 saturated carbocycles. The molecule has 1 rings (SSSR count). The molecule has 130 valence electrons. The minimum atomic E-state index is -3.48. The van der Waals surface area contributed by atoms with Crippen molar-refractivity contribution in [1.82, 2.24) is 10.0 Å². The fraction of sp³-hybridized carbons (Fsp3) is 0.562. The largest absolute Gasteiger partial charge is 0.351 e. The van der Waals surface area contributed by atoms with Crippen LogP contribution in [-0.2, 0) is 21.4 Å². The van der Waals surface area contributed by atoms with Gasteiger partial charge in [-0.1, -0.05) is 39.3 Å². The lowest BCUT2D eigenvalue weighted by molar-refractivity contribution is -0.122. The summed E-state index contributed by atoms with van der Waals surface area (Å²) in [6.07, 6.45) is 1.50. The molecule has 0 saturated heterocycles. The van der Waals surface area contributed by atoms with E-state index in [4.69, 9.17) is 5.73 Å². The number of nitrogens with one attached hydrogen (secondary N) is 2. The van der Waals surface area contributed by atoms with Gasteiger partial charge in [-0.2, -0.15) is 0 Å². The van der Waals surface area contributed by atoms with Crippen molar-refractivity contribution in [3.8, 4) is 0 Å². The van der Waals surface area contributed by atoms with E-state index >= 15 is 0 Å². The third kappa shape index (κ3) is 6.68. The number of benzene rings is 1. The predicted octanol–water partition coefficient (Wildman–Crippen LogP) is 1.36. The summed E-state index contributed by atoms with van der Waals surface area (Å²) in [7, 11) is -3.48. The molecule has 23 heavy (non-hydrogen) atoms. The van der Waals surface area contributed by atoms with E-state index in [1.165, 1.54) is 12.1 Å². The van der Waals surface area contributed by atoms with Crippen molar-refractivity contribution < 1.29 is 13.2 Å². The lowest BCUT2D eigenvalue weighted by Crippen LogP contribution is -2.40. The van der Waals surface area contributed by atoms with Crippen molar-refractivity contribution in [1.29, 1.82) is 0 Å². The quantitative estimate of drug-likeness (QED) is 0.631. The molecule has 1 atom stereocenters. The van der Waals surface area contributed by atoms with Gasteiger partial charge in [0.05, 0.1) is 10.9 Å². The highest BCUT2D eigenvalue weighted by molar-refractivity contribution is 7.89. The summed E-state index contributed by atoms with van der Waals surface area (Å²) < 4.78 is 26.7. The molecule has 0 bridgehead atoms. The maximum Gasteiger partial charge on any atom is 0.240 e. The minimum absolute atomic E-state index is 0.192. The Hall–Kier alpha value is -1.44. The number of amides is 1. The Bertz CT molecular complexity index is 598. The van der Waals surface area contributed by atoms with E-state index in [0.717, 1.165) is 12.0 Å². The average molecular weight is 341 g/mol. The van der Waals surface area contributed by atoms with Crippen LogP contribution in [0.25, 0.3) is 0 Å². The van der Waals surface area contributed by atoms with Crippen molar-refractivity contribution in [2.75, 3.05) is 6.54 Å². The lowest BCUT2D eigenvalue weighted by atomic mass is 10.1. The van der Waals surface area contributed by atoms with Gasteiger partial charge in [-0.25, -0.2) is 13.1 Å². The van der Waals surface area contributed by atoms with Gasteiger partial charge in [-0.3, -0.25) is 4.79 Å². The van der Waals surface area contributed by atoms with Gasteiger partial charge >= 0.3 is 0 Å². The molecule has 1 aromatic rings. The van der Waals surface area contributed by atoms with Crippen LogP contribution < -0.4 is 15.8 Å². The molecule has 7 heteroatoms.